The second kappa shape index (κ2) is 13.2. The summed E-state index contributed by atoms with van der Waals surface area (Å²) in [5.74, 6) is 2.70. The lowest BCUT2D eigenvalue weighted by molar-refractivity contribution is 0.585. The first-order valence-electron chi connectivity index (χ1n) is 18.8. The summed E-state index contributed by atoms with van der Waals surface area (Å²) >= 11 is 0. The lowest BCUT2D eigenvalue weighted by Crippen LogP contribution is -2.29. The molecule has 5 aromatic carbocycles. The quantitative estimate of drug-likeness (QED) is 0.133. The molecular formula is C49H39N3O2. The third-order valence-electron chi connectivity index (χ3n) is 11.2. The van der Waals surface area contributed by atoms with Crippen LogP contribution >= 0.6 is 0 Å². The summed E-state index contributed by atoms with van der Waals surface area (Å²) in [6.45, 7) is 6.92. The number of hydrogen-bond acceptors (Lipinski definition) is 4. The molecule has 0 radical (unpaired) electrons. The van der Waals surface area contributed by atoms with E-state index in [2.05, 4.69) is 159 Å². The van der Waals surface area contributed by atoms with E-state index in [-0.39, 0.29) is 0 Å². The fourth-order valence-electron chi connectivity index (χ4n) is 8.58. The van der Waals surface area contributed by atoms with E-state index in [1.54, 1.807) is 0 Å². The monoisotopic (exact) mass is 701 g/mol. The highest BCUT2D eigenvalue weighted by Crippen LogP contribution is 2.42. The number of furan rings is 2. The molecule has 1 N–H and O–H groups in total. The largest absolute Gasteiger partial charge is 0.456 e. The number of nitrogens with one attached hydrogen (secondary N) is 1. The molecule has 54 heavy (non-hydrogen) atoms. The summed E-state index contributed by atoms with van der Waals surface area (Å²) in [5, 5.41) is 9.32. The number of allylic oxidation sites excluding steroid dienone is 7. The van der Waals surface area contributed by atoms with Gasteiger partial charge in [0, 0.05) is 39.1 Å². The molecule has 0 amide bonds. The Morgan fingerprint density at radius 3 is 2.52 bits per heavy atom. The molecule has 0 saturated carbocycles. The van der Waals surface area contributed by atoms with Crippen molar-refractivity contribution in [2.45, 2.75) is 25.4 Å². The predicted octanol–water partition coefficient (Wildman–Crippen LogP) is 12.3. The maximum atomic E-state index is 6.68. The zero-order valence-corrected chi connectivity index (χ0v) is 30.1. The number of aliphatic imine (C=N–C) groups is 2. The van der Waals surface area contributed by atoms with Crippen LogP contribution in [0.1, 0.15) is 47.9 Å². The molecule has 0 bridgehead atoms. The minimum Gasteiger partial charge on any atom is -0.456 e. The Hall–Kier alpha value is -6.46. The summed E-state index contributed by atoms with van der Waals surface area (Å²) in [5.41, 5.74) is 8.91. The highest BCUT2D eigenvalue weighted by atomic mass is 16.3. The van der Waals surface area contributed by atoms with Crippen molar-refractivity contribution in [3.05, 3.63) is 174 Å². The molecule has 3 aliphatic carbocycles. The van der Waals surface area contributed by atoms with Gasteiger partial charge in [-0.25, -0.2) is 0 Å². The molecular weight excluding hydrogens is 663 g/mol. The highest BCUT2D eigenvalue weighted by molar-refractivity contribution is 6.11. The van der Waals surface area contributed by atoms with Gasteiger partial charge in [0.15, 0.2) is 0 Å². The molecule has 0 fully saturated rings. The zero-order valence-electron chi connectivity index (χ0n) is 30.1. The molecule has 262 valence electrons. The number of benzene rings is 5. The van der Waals surface area contributed by atoms with Crippen LogP contribution in [0.3, 0.4) is 0 Å². The average molecular weight is 702 g/mol. The lowest BCUT2D eigenvalue weighted by atomic mass is 9.83. The molecule has 10 rings (SSSR count). The minimum atomic E-state index is -0.562. The summed E-state index contributed by atoms with van der Waals surface area (Å²) in [6, 6.07) is 33.9. The van der Waals surface area contributed by atoms with Gasteiger partial charge in [0.2, 0.25) is 0 Å². The maximum Gasteiger partial charge on any atom is 0.146 e. The Kier molecular flexibility index (Phi) is 7.87. The number of amidine groups is 1. The van der Waals surface area contributed by atoms with E-state index in [0.29, 0.717) is 30.1 Å². The van der Waals surface area contributed by atoms with Crippen LogP contribution in [-0.4, -0.2) is 19.1 Å². The van der Waals surface area contributed by atoms with Gasteiger partial charge in [0.1, 0.15) is 34.5 Å². The van der Waals surface area contributed by atoms with Gasteiger partial charge in [-0.05, 0) is 76.9 Å². The Morgan fingerprint density at radius 1 is 0.815 bits per heavy atom. The molecule has 3 aliphatic rings. The number of rotatable bonds is 7. The molecule has 2 heterocycles. The van der Waals surface area contributed by atoms with E-state index in [1.807, 2.05) is 12.1 Å². The smallest absolute Gasteiger partial charge is 0.146 e. The topological polar surface area (TPSA) is 63.0 Å². The lowest BCUT2D eigenvalue weighted by Gasteiger charge is -2.23. The van der Waals surface area contributed by atoms with Gasteiger partial charge in [-0.2, -0.15) is 0 Å². The van der Waals surface area contributed by atoms with Crippen molar-refractivity contribution in [1.29, 1.82) is 0 Å². The second-order valence-corrected chi connectivity index (χ2v) is 14.6. The van der Waals surface area contributed by atoms with E-state index in [1.165, 1.54) is 21.9 Å². The van der Waals surface area contributed by atoms with Crippen molar-refractivity contribution in [2.24, 2.45) is 21.8 Å². The molecule has 4 unspecified atom stereocenters. The van der Waals surface area contributed by atoms with Gasteiger partial charge in [-0.15, -0.1) is 0 Å². The van der Waals surface area contributed by atoms with Crippen molar-refractivity contribution in [1.82, 2.24) is 5.32 Å². The van der Waals surface area contributed by atoms with Crippen LogP contribution in [-0.2, 0) is 0 Å². The van der Waals surface area contributed by atoms with Crippen molar-refractivity contribution < 1.29 is 8.83 Å². The molecule has 0 saturated heterocycles. The predicted molar refractivity (Wildman–Crippen MR) is 224 cm³/mol. The maximum absolute atomic E-state index is 6.68. The van der Waals surface area contributed by atoms with E-state index in [9.17, 15) is 0 Å². The van der Waals surface area contributed by atoms with Gasteiger partial charge in [0.25, 0.3) is 0 Å². The van der Waals surface area contributed by atoms with Crippen molar-refractivity contribution >= 4 is 62.3 Å². The fraction of sp³-hybridized carbons (Fsp3) is 0.143. The van der Waals surface area contributed by atoms with Gasteiger partial charge in [0.05, 0.1) is 12.1 Å². The highest BCUT2D eigenvalue weighted by Gasteiger charge is 2.26. The van der Waals surface area contributed by atoms with E-state index in [0.717, 1.165) is 67.3 Å². The van der Waals surface area contributed by atoms with Gasteiger partial charge in [-0.1, -0.05) is 128 Å². The molecule has 0 spiro atoms. The third-order valence-corrected chi connectivity index (χ3v) is 11.2. The SMILES string of the molecule is C=NC(N/C(=N\CC1=CC2C=CC=CC2C=C1)c1cccc2c3c(oc12)C=CCC3C)c1cc(-c2cccc3ccccc23)cc2oc3ccccc3c12. The first kappa shape index (κ1) is 32.2. The number of fused-ring (bicyclic) bond motifs is 8. The standard InChI is InChI=1S/C49H39N3O2/c1-30-12-9-23-43-45(30)39-20-11-21-40(47(39)54-43)49(51-29-31-24-25-32-13-3-4-15-34(32)26-31)52-48(50-2)41-27-35(37-19-10-16-33-14-5-6-17-36(33)37)28-44-46(41)38-18-7-8-22-42(38)53-44/h3-11,13-28,30,32,34,48H,2,12,29H2,1H3,(H,51,52). The van der Waals surface area contributed by atoms with Gasteiger partial charge in [-0.3, -0.25) is 9.98 Å². The van der Waals surface area contributed by atoms with E-state index >= 15 is 0 Å². The van der Waals surface area contributed by atoms with Gasteiger partial charge >= 0.3 is 0 Å². The van der Waals surface area contributed by atoms with Crippen LogP contribution in [0.25, 0.3) is 60.9 Å². The molecule has 0 aliphatic heterocycles. The fourth-order valence-corrected chi connectivity index (χ4v) is 8.58. The second-order valence-electron chi connectivity index (χ2n) is 14.6. The Morgan fingerprint density at radius 2 is 1.61 bits per heavy atom. The average Bonchev–Trinajstić information content (AvgIpc) is 3.80. The molecule has 7 aromatic rings. The van der Waals surface area contributed by atoms with Crippen LogP contribution in [0.15, 0.2) is 170 Å². The van der Waals surface area contributed by atoms with E-state index < -0.39 is 6.17 Å². The van der Waals surface area contributed by atoms with Crippen LogP contribution in [0.2, 0.25) is 0 Å². The van der Waals surface area contributed by atoms with Crippen LogP contribution in [0.5, 0.6) is 0 Å². The molecule has 4 atom stereocenters. The summed E-state index contributed by atoms with van der Waals surface area (Å²) in [7, 11) is 0. The Bertz CT molecular complexity index is 2820. The van der Waals surface area contributed by atoms with Crippen LogP contribution in [0, 0.1) is 11.8 Å². The number of para-hydroxylation sites is 2. The summed E-state index contributed by atoms with van der Waals surface area (Å²) < 4.78 is 13.2. The minimum absolute atomic E-state index is 0.331. The Balaban J connectivity index is 1.14. The molecule has 5 heteroatoms. The number of hydrogen-bond donors (Lipinski definition) is 1. The van der Waals surface area contributed by atoms with Crippen molar-refractivity contribution in [3.8, 4) is 11.1 Å². The normalized spacial score (nSPS) is 19.7. The molecule has 2 aromatic heterocycles. The van der Waals surface area contributed by atoms with Crippen LogP contribution in [0.4, 0.5) is 0 Å². The zero-order chi connectivity index (χ0) is 36.2. The molecule has 5 nitrogen and oxygen atoms in total. The third kappa shape index (κ3) is 5.47. The van der Waals surface area contributed by atoms with Crippen molar-refractivity contribution in [2.75, 3.05) is 6.54 Å². The summed E-state index contributed by atoms with van der Waals surface area (Å²) in [6.07, 6.45) is 20.3. The Labute approximate surface area is 314 Å². The first-order valence-corrected chi connectivity index (χ1v) is 18.8. The van der Waals surface area contributed by atoms with Crippen molar-refractivity contribution in [3.63, 3.8) is 0 Å². The van der Waals surface area contributed by atoms with Crippen LogP contribution < -0.4 is 5.32 Å². The number of nitrogens with zero attached hydrogens (tertiary/aromatic N) is 2. The summed E-state index contributed by atoms with van der Waals surface area (Å²) in [4.78, 5) is 10.1. The first-order chi connectivity index (χ1) is 26.6. The van der Waals surface area contributed by atoms with E-state index in [4.69, 9.17) is 18.8 Å². The van der Waals surface area contributed by atoms with Gasteiger partial charge < -0.3 is 14.2 Å².